The molecule has 0 nitrogen and oxygen atoms in total. The predicted octanol–water partition coefficient (Wildman–Crippen LogP) is 4.14. The summed E-state index contributed by atoms with van der Waals surface area (Å²) in [5.41, 5.74) is 0.975. The number of allylic oxidation sites excluding steroid dienone is 2. The molecule has 0 aliphatic carbocycles. The van der Waals surface area contributed by atoms with Crippen LogP contribution < -0.4 is 0 Å². The highest BCUT2D eigenvalue weighted by molar-refractivity contribution is 9.15. The van der Waals surface area contributed by atoms with Gasteiger partial charge >= 0.3 is 0 Å². The van der Waals surface area contributed by atoms with Gasteiger partial charge in [0.2, 0.25) is 0 Å². The first kappa shape index (κ1) is 10.2. The van der Waals surface area contributed by atoms with Gasteiger partial charge in [-0.1, -0.05) is 40.2 Å². The van der Waals surface area contributed by atoms with Gasteiger partial charge in [-0.25, -0.2) is 4.39 Å². The second-order valence-electron chi connectivity index (χ2n) is 2.58. The van der Waals surface area contributed by atoms with Crippen LogP contribution in [0.5, 0.6) is 0 Å². The molecule has 0 aliphatic rings. The van der Waals surface area contributed by atoms with Crippen molar-refractivity contribution in [2.24, 2.45) is 0 Å². The third-order valence-electron chi connectivity index (χ3n) is 1.58. The average molecular weight is 241 g/mol. The maximum Gasteiger partial charge on any atom is 0.123 e. The Kier molecular flexibility index (Phi) is 3.90. The first-order chi connectivity index (χ1) is 6.24. The summed E-state index contributed by atoms with van der Waals surface area (Å²) in [6.07, 6.45) is 4.60. The summed E-state index contributed by atoms with van der Waals surface area (Å²) in [6.45, 7) is 3.62. The van der Waals surface area contributed by atoms with Gasteiger partial charge in [0.15, 0.2) is 0 Å². The number of halogens is 2. The molecule has 1 aromatic carbocycles. The summed E-state index contributed by atoms with van der Waals surface area (Å²) in [4.78, 5) is 0. The SMILES string of the molecule is C=CCC=C(Br)c1ccc(F)cc1. The fourth-order valence-electron chi connectivity index (χ4n) is 0.914. The molecule has 1 aromatic rings. The summed E-state index contributed by atoms with van der Waals surface area (Å²) < 4.78 is 13.5. The van der Waals surface area contributed by atoms with Gasteiger partial charge in [-0.2, -0.15) is 0 Å². The van der Waals surface area contributed by atoms with Crippen molar-refractivity contribution in [2.45, 2.75) is 6.42 Å². The van der Waals surface area contributed by atoms with E-state index in [1.807, 2.05) is 12.2 Å². The van der Waals surface area contributed by atoms with Gasteiger partial charge in [-0.05, 0) is 24.1 Å². The van der Waals surface area contributed by atoms with E-state index in [-0.39, 0.29) is 5.82 Å². The van der Waals surface area contributed by atoms with Crippen LogP contribution in [-0.2, 0) is 0 Å². The van der Waals surface area contributed by atoms with Gasteiger partial charge < -0.3 is 0 Å². The Morgan fingerprint density at radius 1 is 1.38 bits per heavy atom. The molecule has 0 bridgehead atoms. The zero-order valence-corrected chi connectivity index (χ0v) is 8.72. The van der Waals surface area contributed by atoms with Crippen LogP contribution >= 0.6 is 15.9 Å². The molecule has 0 amide bonds. The fraction of sp³-hybridized carbons (Fsp3) is 0.0909. The molecule has 13 heavy (non-hydrogen) atoms. The van der Waals surface area contributed by atoms with Crippen LogP contribution in [0.4, 0.5) is 4.39 Å². The summed E-state index contributed by atoms with van der Waals surface area (Å²) >= 11 is 3.40. The predicted molar refractivity (Wildman–Crippen MR) is 58.1 cm³/mol. The molecule has 0 saturated heterocycles. The molecule has 0 fully saturated rings. The van der Waals surface area contributed by atoms with Crippen molar-refractivity contribution in [3.63, 3.8) is 0 Å². The zero-order valence-electron chi connectivity index (χ0n) is 7.13. The Labute approximate surface area is 85.9 Å². The first-order valence-corrected chi connectivity index (χ1v) is 4.76. The van der Waals surface area contributed by atoms with E-state index in [9.17, 15) is 4.39 Å². The summed E-state index contributed by atoms with van der Waals surface area (Å²) in [6, 6.07) is 6.36. The smallest absolute Gasteiger partial charge is 0.123 e. The van der Waals surface area contributed by atoms with E-state index in [2.05, 4.69) is 22.5 Å². The van der Waals surface area contributed by atoms with E-state index in [0.29, 0.717) is 0 Å². The molecule has 0 spiro atoms. The van der Waals surface area contributed by atoms with E-state index < -0.39 is 0 Å². The van der Waals surface area contributed by atoms with Crippen LogP contribution in [-0.4, -0.2) is 0 Å². The molecule has 0 radical (unpaired) electrons. The van der Waals surface area contributed by atoms with Crippen LogP contribution in [0.3, 0.4) is 0 Å². The first-order valence-electron chi connectivity index (χ1n) is 3.96. The lowest BCUT2D eigenvalue weighted by molar-refractivity contribution is 0.628. The average Bonchev–Trinajstić information content (AvgIpc) is 2.15. The molecule has 0 N–H and O–H groups in total. The minimum atomic E-state index is -0.215. The molecule has 68 valence electrons. The number of benzene rings is 1. The highest BCUT2D eigenvalue weighted by atomic mass is 79.9. The maximum atomic E-state index is 12.6. The van der Waals surface area contributed by atoms with Crippen LogP contribution in [0.1, 0.15) is 12.0 Å². The monoisotopic (exact) mass is 240 g/mol. The van der Waals surface area contributed by atoms with Gasteiger partial charge in [-0.15, -0.1) is 6.58 Å². The van der Waals surface area contributed by atoms with Crippen LogP contribution in [0, 0.1) is 5.82 Å². The molecule has 0 aliphatic heterocycles. The van der Waals surface area contributed by atoms with Crippen molar-refractivity contribution < 1.29 is 4.39 Å². The minimum Gasteiger partial charge on any atom is -0.207 e. The van der Waals surface area contributed by atoms with Crippen molar-refractivity contribution in [1.82, 2.24) is 0 Å². The third kappa shape index (κ3) is 3.15. The topological polar surface area (TPSA) is 0 Å². The third-order valence-corrected chi connectivity index (χ3v) is 2.37. The summed E-state index contributed by atoms with van der Waals surface area (Å²) in [5, 5.41) is 0. The summed E-state index contributed by atoms with van der Waals surface area (Å²) in [5.74, 6) is -0.215. The Morgan fingerprint density at radius 3 is 2.54 bits per heavy atom. The van der Waals surface area contributed by atoms with Gasteiger partial charge in [0.05, 0.1) is 0 Å². The molecule has 0 saturated carbocycles. The zero-order chi connectivity index (χ0) is 9.68. The van der Waals surface area contributed by atoms with Gasteiger partial charge in [0.25, 0.3) is 0 Å². The second-order valence-corrected chi connectivity index (χ2v) is 3.44. The second kappa shape index (κ2) is 4.97. The van der Waals surface area contributed by atoms with Crippen molar-refractivity contribution in [2.75, 3.05) is 0 Å². The lowest BCUT2D eigenvalue weighted by Crippen LogP contribution is -1.77. The Balaban J connectivity index is 2.82. The molecular weight excluding hydrogens is 231 g/mol. The van der Waals surface area contributed by atoms with E-state index in [1.165, 1.54) is 12.1 Å². The highest BCUT2D eigenvalue weighted by Gasteiger charge is 1.96. The Bertz CT molecular complexity index is 311. The minimum absolute atomic E-state index is 0.215. The number of hydrogen-bond donors (Lipinski definition) is 0. The molecule has 0 atom stereocenters. The normalized spacial score (nSPS) is 11.4. The van der Waals surface area contributed by atoms with Crippen molar-refractivity contribution >= 4 is 20.4 Å². The van der Waals surface area contributed by atoms with Gasteiger partial charge in [0.1, 0.15) is 5.82 Å². The summed E-state index contributed by atoms with van der Waals surface area (Å²) in [7, 11) is 0. The lowest BCUT2D eigenvalue weighted by Gasteiger charge is -1.98. The highest BCUT2D eigenvalue weighted by Crippen LogP contribution is 2.21. The van der Waals surface area contributed by atoms with Crippen molar-refractivity contribution in [1.29, 1.82) is 0 Å². The lowest BCUT2D eigenvalue weighted by atomic mass is 10.2. The van der Waals surface area contributed by atoms with E-state index >= 15 is 0 Å². The molecule has 1 rings (SSSR count). The standard InChI is InChI=1S/C11H10BrF/c1-2-3-4-11(12)9-5-7-10(13)8-6-9/h2,4-8H,1,3H2. The maximum absolute atomic E-state index is 12.6. The quantitative estimate of drug-likeness (QED) is 0.697. The Morgan fingerprint density at radius 2 is 2.00 bits per heavy atom. The van der Waals surface area contributed by atoms with E-state index in [4.69, 9.17) is 0 Å². The van der Waals surface area contributed by atoms with Crippen molar-refractivity contribution in [3.05, 3.63) is 54.4 Å². The van der Waals surface area contributed by atoms with Crippen LogP contribution in [0.2, 0.25) is 0 Å². The molecular formula is C11H10BrF. The number of hydrogen-bond acceptors (Lipinski definition) is 0. The molecule has 0 aromatic heterocycles. The van der Waals surface area contributed by atoms with Crippen molar-refractivity contribution in [3.8, 4) is 0 Å². The fourth-order valence-corrected chi connectivity index (χ4v) is 1.37. The largest absolute Gasteiger partial charge is 0.207 e. The number of rotatable bonds is 3. The van der Waals surface area contributed by atoms with E-state index in [1.54, 1.807) is 12.1 Å². The molecule has 2 heteroatoms. The Hall–Kier alpha value is -0.890. The van der Waals surface area contributed by atoms with Gasteiger partial charge in [0, 0.05) is 4.48 Å². The molecule has 0 heterocycles. The van der Waals surface area contributed by atoms with E-state index in [0.717, 1.165) is 16.5 Å². The van der Waals surface area contributed by atoms with Gasteiger partial charge in [-0.3, -0.25) is 0 Å². The van der Waals surface area contributed by atoms with Crippen LogP contribution in [0.25, 0.3) is 4.48 Å². The van der Waals surface area contributed by atoms with Crippen LogP contribution in [0.15, 0.2) is 43.0 Å². The molecule has 0 unspecified atom stereocenters.